The van der Waals surface area contributed by atoms with Crippen LogP contribution in [0, 0.1) is 11.6 Å². The lowest BCUT2D eigenvalue weighted by molar-refractivity contribution is -0.147. The molecule has 0 aromatic heterocycles. The quantitative estimate of drug-likeness (QED) is 0.765. The molecule has 8 heteroatoms. The lowest BCUT2D eigenvalue weighted by atomic mass is 10.2. The molecule has 1 unspecified atom stereocenters. The van der Waals surface area contributed by atoms with E-state index in [1.165, 1.54) is 6.07 Å². The van der Waals surface area contributed by atoms with E-state index >= 15 is 0 Å². The maximum absolute atomic E-state index is 13.4. The van der Waals surface area contributed by atoms with Crippen LogP contribution in [0.1, 0.15) is 19.3 Å². The summed E-state index contributed by atoms with van der Waals surface area (Å²) >= 11 is 0. The summed E-state index contributed by atoms with van der Waals surface area (Å²) in [5, 5.41) is 8.76. The number of nitrogens with zero attached hydrogens (tertiary/aromatic N) is 1. The van der Waals surface area contributed by atoms with Crippen LogP contribution in [0.25, 0.3) is 0 Å². The van der Waals surface area contributed by atoms with E-state index in [-0.39, 0.29) is 37.6 Å². The van der Waals surface area contributed by atoms with Crippen molar-refractivity contribution in [3.63, 3.8) is 0 Å². The molecule has 0 bridgehead atoms. The Labute approximate surface area is 138 Å². The Morgan fingerprint density at radius 1 is 1.38 bits per heavy atom. The van der Waals surface area contributed by atoms with Gasteiger partial charge in [-0.3, -0.25) is 9.59 Å². The lowest BCUT2D eigenvalue weighted by Crippen LogP contribution is -2.46. The van der Waals surface area contributed by atoms with Gasteiger partial charge in [0.15, 0.2) is 11.6 Å². The molecule has 1 atom stereocenters. The molecule has 1 amide bonds. The topological polar surface area (TPSA) is 76.1 Å². The van der Waals surface area contributed by atoms with E-state index in [2.05, 4.69) is 0 Å². The number of hydrogen-bond donors (Lipinski definition) is 1. The van der Waals surface area contributed by atoms with E-state index < -0.39 is 23.7 Å². The molecule has 1 aromatic carbocycles. The number of aliphatic carboxylic acids is 1. The van der Waals surface area contributed by atoms with E-state index in [0.717, 1.165) is 12.1 Å². The zero-order valence-electron chi connectivity index (χ0n) is 13.0. The van der Waals surface area contributed by atoms with Gasteiger partial charge in [-0.15, -0.1) is 0 Å². The molecular weight excluding hydrogens is 324 g/mol. The average Bonchev–Trinajstić information content (AvgIpc) is 2.52. The second-order valence-corrected chi connectivity index (χ2v) is 5.46. The number of carbonyl (C=O) groups is 2. The normalized spacial score (nSPS) is 17.6. The van der Waals surface area contributed by atoms with Gasteiger partial charge in [0.05, 0.1) is 25.7 Å². The van der Waals surface area contributed by atoms with Crippen molar-refractivity contribution in [2.45, 2.75) is 25.4 Å². The highest BCUT2D eigenvalue weighted by atomic mass is 19.1. The molecule has 0 aliphatic carbocycles. The Balaban J connectivity index is 1.71. The number of benzene rings is 1. The summed E-state index contributed by atoms with van der Waals surface area (Å²) < 4.78 is 36.6. The number of hydrogen-bond acceptors (Lipinski definition) is 4. The Kier molecular flexibility index (Phi) is 6.48. The van der Waals surface area contributed by atoms with Crippen LogP contribution < -0.4 is 4.74 Å². The first-order valence-electron chi connectivity index (χ1n) is 7.64. The minimum atomic E-state index is -0.968. The second-order valence-electron chi connectivity index (χ2n) is 5.46. The second kappa shape index (κ2) is 8.58. The van der Waals surface area contributed by atoms with E-state index in [1.54, 1.807) is 4.90 Å². The molecule has 6 nitrogen and oxygen atoms in total. The van der Waals surface area contributed by atoms with Gasteiger partial charge in [0.1, 0.15) is 5.82 Å². The Hall–Kier alpha value is -2.22. The molecule has 1 aromatic rings. The van der Waals surface area contributed by atoms with Crippen LogP contribution >= 0.6 is 0 Å². The number of carboxylic acid groups (broad SMARTS) is 1. The fourth-order valence-electron chi connectivity index (χ4n) is 2.42. The molecule has 0 saturated carbocycles. The van der Waals surface area contributed by atoms with Crippen LogP contribution in [0.15, 0.2) is 18.2 Å². The van der Waals surface area contributed by atoms with Gasteiger partial charge in [-0.25, -0.2) is 8.78 Å². The summed E-state index contributed by atoms with van der Waals surface area (Å²) in [6, 6.07) is 3.03. The predicted molar refractivity (Wildman–Crippen MR) is 79.7 cm³/mol. The third-order valence-corrected chi connectivity index (χ3v) is 3.58. The third kappa shape index (κ3) is 5.45. The van der Waals surface area contributed by atoms with Crippen molar-refractivity contribution in [2.75, 3.05) is 26.3 Å². The Morgan fingerprint density at radius 2 is 2.17 bits per heavy atom. The summed E-state index contributed by atoms with van der Waals surface area (Å²) in [5.41, 5.74) is 0. The zero-order chi connectivity index (χ0) is 17.5. The first kappa shape index (κ1) is 18.1. The largest absolute Gasteiger partial charge is 0.491 e. The van der Waals surface area contributed by atoms with Crippen molar-refractivity contribution < 1.29 is 33.0 Å². The molecule has 132 valence electrons. The van der Waals surface area contributed by atoms with Gasteiger partial charge in [0.25, 0.3) is 0 Å². The minimum Gasteiger partial charge on any atom is -0.491 e. The Bertz CT molecular complexity index is 596. The van der Waals surface area contributed by atoms with Crippen LogP contribution in [-0.2, 0) is 14.3 Å². The highest BCUT2D eigenvalue weighted by Gasteiger charge is 2.25. The highest BCUT2D eigenvalue weighted by Crippen LogP contribution is 2.18. The van der Waals surface area contributed by atoms with Crippen molar-refractivity contribution >= 4 is 11.9 Å². The van der Waals surface area contributed by atoms with Gasteiger partial charge >= 0.3 is 5.97 Å². The highest BCUT2D eigenvalue weighted by molar-refractivity contribution is 5.76. The number of carboxylic acids is 1. The SMILES string of the molecule is O=C(O)CC1CN(C(=O)CCCOc2ccc(F)cc2F)CCO1. The van der Waals surface area contributed by atoms with Gasteiger partial charge in [-0.05, 0) is 18.6 Å². The van der Waals surface area contributed by atoms with Gasteiger partial charge in [-0.1, -0.05) is 0 Å². The first-order chi connectivity index (χ1) is 11.5. The van der Waals surface area contributed by atoms with E-state index in [0.29, 0.717) is 19.6 Å². The number of halogens is 2. The molecule has 2 rings (SSSR count). The van der Waals surface area contributed by atoms with E-state index in [1.807, 2.05) is 0 Å². The van der Waals surface area contributed by atoms with Gasteiger partial charge < -0.3 is 19.5 Å². The van der Waals surface area contributed by atoms with Crippen LogP contribution in [0.5, 0.6) is 5.75 Å². The smallest absolute Gasteiger partial charge is 0.306 e. The first-order valence-corrected chi connectivity index (χ1v) is 7.64. The molecule has 0 radical (unpaired) electrons. The van der Waals surface area contributed by atoms with Crippen molar-refractivity contribution in [1.29, 1.82) is 0 Å². The number of carbonyl (C=O) groups excluding carboxylic acids is 1. The van der Waals surface area contributed by atoms with Crippen molar-refractivity contribution in [3.8, 4) is 5.75 Å². The summed E-state index contributed by atoms with van der Waals surface area (Å²) in [4.78, 5) is 24.3. The number of ether oxygens (including phenoxy) is 2. The fraction of sp³-hybridized carbons (Fsp3) is 0.500. The lowest BCUT2D eigenvalue weighted by Gasteiger charge is -2.32. The van der Waals surface area contributed by atoms with Crippen molar-refractivity contribution in [2.24, 2.45) is 0 Å². The minimum absolute atomic E-state index is 0.0586. The zero-order valence-corrected chi connectivity index (χ0v) is 13.0. The predicted octanol–water partition coefficient (Wildman–Crippen LogP) is 1.83. The standard InChI is InChI=1S/C16H19F2NO5/c17-11-3-4-14(13(18)8-11)24-6-1-2-15(20)19-5-7-23-12(10-19)9-16(21)22/h3-4,8,12H,1-2,5-7,9-10H2,(H,21,22). The molecule has 1 N–H and O–H groups in total. The van der Waals surface area contributed by atoms with Crippen LogP contribution in [0.3, 0.4) is 0 Å². The molecule has 0 spiro atoms. The molecule has 1 aliphatic rings. The Morgan fingerprint density at radius 3 is 2.88 bits per heavy atom. The maximum atomic E-state index is 13.4. The van der Waals surface area contributed by atoms with Crippen LogP contribution in [0.2, 0.25) is 0 Å². The maximum Gasteiger partial charge on any atom is 0.306 e. The van der Waals surface area contributed by atoms with Crippen molar-refractivity contribution in [3.05, 3.63) is 29.8 Å². The molecule has 24 heavy (non-hydrogen) atoms. The number of rotatable bonds is 7. The molecule has 1 heterocycles. The monoisotopic (exact) mass is 343 g/mol. The number of morpholine rings is 1. The van der Waals surface area contributed by atoms with Gasteiger partial charge in [-0.2, -0.15) is 0 Å². The van der Waals surface area contributed by atoms with Crippen LogP contribution in [0.4, 0.5) is 8.78 Å². The number of amides is 1. The van der Waals surface area contributed by atoms with Crippen LogP contribution in [-0.4, -0.2) is 54.3 Å². The van der Waals surface area contributed by atoms with Gasteiger partial charge in [0.2, 0.25) is 5.91 Å². The summed E-state index contributed by atoms with van der Waals surface area (Å²) in [6.45, 7) is 1.10. The van der Waals surface area contributed by atoms with E-state index in [9.17, 15) is 18.4 Å². The molecule has 1 aliphatic heterocycles. The van der Waals surface area contributed by atoms with Gasteiger partial charge in [0, 0.05) is 25.6 Å². The molecular formula is C16H19F2NO5. The molecule has 1 saturated heterocycles. The molecule has 1 fully saturated rings. The third-order valence-electron chi connectivity index (χ3n) is 3.58. The van der Waals surface area contributed by atoms with E-state index in [4.69, 9.17) is 14.6 Å². The summed E-state index contributed by atoms with van der Waals surface area (Å²) in [7, 11) is 0. The van der Waals surface area contributed by atoms with Crippen molar-refractivity contribution in [1.82, 2.24) is 4.90 Å². The fourth-order valence-corrected chi connectivity index (χ4v) is 2.42. The summed E-state index contributed by atoms with van der Waals surface area (Å²) in [5.74, 6) is -2.62. The average molecular weight is 343 g/mol. The summed E-state index contributed by atoms with van der Waals surface area (Å²) in [6.07, 6.45) is -0.0691.